The van der Waals surface area contributed by atoms with Gasteiger partial charge in [0.1, 0.15) is 6.04 Å². The van der Waals surface area contributed by atoms with Crippen molar-refractivity contribution in [2.24, 2.45) is 0 Å². The van der Waals surface area contributed by atoms with Gasteiger partial charge < -0.3 is 20.1 Å². The summed E-state index contributed by atoms with van der Waals surface area (Å²) in [6.45, 7) is 10.8. The Balaban J connectivity index is 1.78. The highest BCUT2D eigenvalue weighted by Gasteiger charge is 2.35. The first-order chi connectivity index (χ1) is 19.3. The van der Waals surface area contributed by atoms with Gasteiger partial charge in [0.05, 0.1) is 23.8 Å². The molecule has 214 valence electrons. The van der Waals surface area contributed by atoms with Crippen LogP contribution in [0.15, 0.2) is 51.2 Å². The molecule has 1 aromatic heterocycles. The van der Waals surface area contributed by atoms with Gasteiger partial charge in [-0.05, 0) is 84.4 Å². The summed E-state index contributed by atoms with van der Waals surface area (Å²) in [5.41, 5.74) is 5.02. The molecule has 40 heavy (non-hydrogen) atoms. The van der Waals surface area contributed by atoms with E-state index in [1.807, 2.05) is 51.1 Å². The first-order valence-electron chi connectivity index (χ1n) is 13.7. The lowest BCUT2D eigenvalue weighted by Gasteiger charge is -2.29. The van der Waals surface area contributed by atoms with Crippen LogP contribution >= 0.6 is 27.7 Å². The third kappa shape index (κ3) is 6.49. The van der Waals surface area contributed by atoms with E-state index in [1.165, 1.54) is 0 Å². The first-order valence-corrected chi connectivity index (χ1v) is 15.5. The largest absolute Gasteiger partial charge is 0.493 e. The fourth-order valence-corrected chi connectivity index (χ4v) is 5.89. The number of aromatic nitrogens is 3. The number of ether oxygens (including phenoxy) is 2. The van der Waals surface area contributed by atoms with Crippen molar-refractivity contribution in [2.75, 3.05) is 30.1 Å². The number of carbonyl (C=O) groups is 1. The Morgan fingerprint density at radius 2 is 1.98 bits per heavy atom. The highest BCUT2D eigenvalue weighted by atomic mass is 79.9. The summed E-state index contributed by atoms with van der Waals surface area (Å²) in [6, 6.07) is 9.28. The van der Waals surface area contributed by atoms with E-state index in [9.17, 15) is 4.79 Å². The maximum Gasteiger partial charge on any atom is 0.255 e. The first kappa shape index (κ1) is 30.0. The molecule has 0 saturated carbocycles. The Hall–Kier alpha value is -2.98. The van der Waals surface area contributed by atoms with Crippen molar-refractivity contribution in [3.63, 3.8) is 0 Å². The van der Waals surface area contributed by atoms with Gasteiger partial charge in [-0.15, -0.1) is 5.10 Å². The van der Waals surface area contributed by atoms with Crippen LogP contribution in [0.1, 0.15) is 69.2 Å². The molecule has 2 aromatic carbocycles. The van der Waals surface area contributed by atoms with Crippen molar-refractivity contribution >= 4 is 45.2 Å². The van der Waals surface area contributed by atoms with Crippen molar-refractivity contribution in [2.45, 2.75) is 71.5 Å². The molecule has 2 heterocycles. The van der Waals surface area contributed by atoms with Gasteiger partial charge in [-0.3, -0.25) is 4.79 Å². The molecule has 2 N–H and O–H groups in total. The Morgan fingerprint density at radius 1 is 1.18 bits per heavy atom. The van der Waals surface area contributed by atoms with E-state index in [0.717, 1.165) is 64.0 Å². The molecule has 0 bridgehead atoms. The lowest BCUT2D eigenvalue weighted by Crippen LogP contribution is -2.31. The number of nitrogens with zero attached hydrogens (tertiary/aromatic N) is 3. The minimum absolute atomic E-state index is 0.206. The molecule has 1 unspecified atom stereocenters. The molecule has 4 rings (SSSR count). The maximum atomic E-state index is 14.0. The quantitative estimate of drug-likeness (QED) is 0.157. The number of fused-ring (bicyclic) bond motifs is 1. The van der Waals surface area contributed by atoms with Crippen LogP contribution in [0.25, 0.3) is 0 Å². The van der Waals surface area contributed by atoms with E-state index in [2.05, 4.69) is 40.4 Å². The molecule has 10 heteroatoms. The van der Waals surface area contributed by atoms with Crippen LogP contribution in [0.5, 0.6) is 11.5 Å². The summed E-state index contributed by atoms with van der Waals surface area (Å²) in [4.78, 5) is 18.7. The molecule has 0 aliphatic carbocycles. The zero-order chi connectivity index (χ0) is 28.8. The van der Waals surface area contributed by atoms with Crippen molar-refractivity contribution < 1.29 is 14.3 Å². The second-order valence-corrected chi connectivity index (χ2v) is 11.8. The zero-order valence-corrected chi connectivity index (χ0v) is 26.5. The smallest absolute Gasteiger partial charge is 0.255 e. The fraction of sp³-hybridized carbons (Fsp3) is 0.433. The van der Waals surface area contributed by atoms with E-state index in [0.29, 0.717) is 34.8 Å². The second kappa shape index (κ2) is 13.6. The number of nitrogens with one attached hydrogen (secondary N) is 2. The van der Waals surface area contributed by atoms with Crippen LogP contribution in [0, 0.1) is 13.8 Å². The zero-order valence-electron chi connectivity index (χ0n) is 24.1. The van der Waals surface area contributed by atoms with Crippen molar-refractivity contribution in [3.8, 4) is 11.5 Å². The number of halogens is 1. The van der Waals surface area contributed by atoms with E-state index >= 15 is 0 Å². The molecule has 8 nitrogen and oxygen atoms in total. The second-order valence-electron chi connectivity index (χ2n) is 9.87. The average Bonchev–Trinajstić information content (AvgIpc) is 3.34. The summed E-state index contributed by atoms with van der Waals surface area (Å²) in [7, 11) is 1.63. The number of hydrogen-bond donors (Lipinski definition) is 2. The van der Waals surface area contributed by atoms with Gasteiger partial charge in [-0.1, -0.05) is 50.6 Å². The molecule has 1 atom stereocenters. The molecule has 1 aliphatic heterocycles. The Labute approximate surface area is 249 Å². The van der Waals surface area contributed by atoms with Gasteiger partial charge in [-0.25, -0.2) is 4.68 Å². The van der Waals surface area contributed by atoms with Crippen LogP contribution in [0.3, 0.4) is 0 Å². The van der Waals surface area contributed by atoms with Crippen LogP contribution < -0.4 is 20.1 Å². The highest BCUT2D eigenvalue weighted by Crippen LogP contribution is 2.43. The lowest BCUT2D eigenvalue weighted by molar-refractivity contribution is -0.113. The number of unbranched alkanes of at least 4 members (excludes halogenated alkanes) is 2. The standard InChI is InChI=1S/C30H38BrN5O3S/c1-7-9-10-14-39-27-22(31)16-21(17-24(27)38-6)26-25(28(37)33-23-13-11-12-18(3)19(23)4)20(5)32-29-34-30(35-36(26)29)40-15-8-2/h11-13,16-17,26H,7-10,14-15H2,1-6H3,(H,33,37)(H,32,34,35). The van der Waals surface area contributed by atoms with Gasteiger partial charge in [-0.2, -0.15) is 4.98 Å². The third-order valence-corrected chi connectivity index (χ3v) is 8.56. The molecule has 0 spiro atoms. The summed E-state index contributed by atoms with van der Waals surface area (Å²) < 4.78 is 14.4. The van der Waals surface area contributed by atoms with Crippen molar-refractivity contribution in [1.29, 1.82) is 0 Å². The number of allylic oxidation sites excluding steroid dienone is 1. The summed E-state index contributed by atoms with van der Waals surface area (Å²) in [6.07, 6.45) is 4.19. The molecule has 0 radical (unpaired) electrons. The topological polar surface area (TPSA) is 90.3 Å². The van der Waals surface area contributed by atoms with E-state index in [1.54, 1.807) is 23.6 Å². The predicted molar refractivity (Wildman–Crippen MR) is 166 cm³/mol. The fourth-order valence-electron chi connectivity index (χ4n) is 4.63. The average molecular weight is 629 g/mol. The number of rotatable bonds is 12. The summed E-state index contributed by atoms with van der Waals surface area (Å²) >= 11 is 5.31. The normalized spacial score (nSPS) is 14.5. The predicted octanol–water partition coefficient (Wildman–Crippen LogP) is 7.66. The van der Waals surface area contributed by atoms with Crippen LogP contribution in [-0.2, 0) is 4.79 Å². The maximum absolute atomic E-state index is 14.0. The van der Waals surface area contributed by atoms with Crippen LogP contribution in [0.4, 0.5) is 11.6 Å². The monoisotopic (exact) mass is 627 g/mol. The number of benzene rings is 2. The van der Waals surface area contributed by atoms with Crippen LogP contribution in [0.2, 0.25) is 0 Å². The Bertz CT molecular complexity index is 1400. The van der Waals surface area contributed by atoms with Gasteiger partial charge in [0, 0.05) is 17.1 Å². The number of hydrogen-bond acceptors (Lipinski definition) is 7. The molecule has 3 aromatic rings. The van der Waals surface area contributed by atoms with Gasteiger partial charge in [0.2, 0.25) is 11.1 Å². The third-order valence-electron chi connectivity index (χ3n) is 6.93. The number of methoxy groups -OCH3 is 1. The molecule has 0 saturated heterocycles. The van der Waals surface area contributed by atoms with Gasteiger partial charge >= 0.3 is 0 Å². The van der Waals surface area contributed by atoms with Gasteiger partial charge in [0.15, 0.2) is 11.5 Å². The van der Waals surface area contributed by atoms with Crippen molar-refractivity contribution in [3.05, 3.63) is 62.8 Å². The number of aryl methyl sites for hydroxylation is 1. The van der Waals surface area contributed by atoms with Gasteiger partial charge in [0.25, 0.3) is 5.91 Å². The van der Waals surface area contributed by atoms with E-state index < -0.39 is 6.04 Å². The lowest BCUT2D eigenvalue weighted by atomic mass is 9.94. The molecule has 1 aliphatic rings. The van der Waals surface area contributed by atoms with Crippen LogP contribution in [-0.4, -0.2) is 40.1 Å². The summed E-state index contributed by atoms with van der Waals surface area (Å²) in [5, 5.41) is 12.0. The molecular formula is C30H38BrN5O3S. The van der Waals surface area contributed by atoms with E-state index in [-0.39, 0.29) is 5.91 Å². The number of anilines is 2. The SMILES string of the molecule is CCCCCOc1c(Br)cc(C2C(C(=O)Nc3cccc(C)c3C)=C(C)Nc3nc(SCCC)nn32)cc1OC. The number of thioether (sulfide) groups is 1. The Kier molecular flexibility index (Phi) is 10.2. The van der Waals surface area contributed by atoms with E-state index in [4.69, 9.17) is 19.6 Å². The van der Waals surface area contributed by atoms with Crippen molar-refractivity contribution in [1.82, 2.24) is 14.8 Å². The molecular weight excluding hydrogens is 590 g/mol. The number of carbonyl (C=O) groups excluding carboxylic acids is 1. The summed E-state index contributed by atoms with van der Waals surface area (Å²) in [5.74, 6) is 2.54. The molecule has 0 fully saturated rings. The minimum atomic E-state index is -0.538. The Morgan fingerprint density at radius 3 is 2.70 bits per heavy atom. The highest BCUT2D eigenvalue weighted by molar-refractivity contribution is 9.10. The minimum Gasteiger partial charge on any atom is -0.493 e. The number of amides is 1. The molecule has 1 amide bonds.